The number of sulfone groups is 1. The Morgan fingerprint density at radius 3 is 2.53 bits per heavy atom. The molecular weight excluding hydrogens is 266 g/mol. The van der Waals surface area contributed by atoms with E-state index in [1.165, 1.54) is 0 Å². The van der Waals surface area contributed by atoms with Crippen LogP contribution in [0.1, 0.15) is 15.9 Å². The highest BCUT2D eigenvalue weighted by Crippen LogP contribution is 2.28. The van der Waals surface area contributed by atoms with E-state index in [0.29, 0.717) is 0 Å². The van der Waals surface area contributed by atoms with Crippen molar-refractivity contribution in [1.29, 1.82) is 5.26 Å². The Balaban J connectivity index is 3.63. The monoisotopic (exact) mass is 273 g/mol. The fourth-order valence-corrected chi connectivity index (χ4v) is 2.67. The van der Waals surface area contributed by atoms with E-state index < -0.39 is 15.8 Å². The molecule has 0 unspecified atom stereocenters. The van der Waals surface area contributed by atoms with Gasteiger partial charge in [-0.1, -0.05) is 11.6 Å². The standard InChI is InChI=1S/C10H8ClNO4S/c1-17(15,16)8-3-2-7(10(13)14)9(11)6(8)4-5-12/h2-3H,4H2,1H3,(H,13,14). The Kier molecular flexibility index (Phi) is 3.76. The number of carboxylic acids is 1. The van der Waals surface area contributed by atoms with Crippen molar-refractivity contribution >= 4 is 27.4 Å². The minimum atomic E-state index is -3.55. The highest BCUT2D eigenvalue weighted by atomic mass is 35.5. The van der Waals surface area contributed by atoms with Crippen molar-refractivity contribution in [2.24, 2.45) is 0 Å². The van der Waals surface area contributed by atoms with Gasteiger partial charge in [0.15, 0.2) is 9.84 Å². The molecule has 1 rings (SSSR count). The maximum Gasteiger partial charge on any atom is 0.337 e. The Labute approximate surface area is 103 Å². The van der Waals surface area contributed by atoms with Gasteiger partial charge in [0.2, 0.25) is 0 Å². The molecule has 0 saturated heterocycles. The first-order valence-corrected chi connectivity index (χ1v) is 6.67. The zero-order chi connectivity index (χ0) is 13.2. The third-order valence-electron chi connectivity index (χ3n) is 2.09. The van der Waals surface area contributed by atoms with Gasteiger partial charge in [-0.15, -0.1) is 0 Å². The molecule has 0 radical (unpaired) electrons. The van der Waals surface area contributed by atoms with Gasteiger partial charge in [-0.2, -0.15) is 5.26 Å². The summed E-state index contributed by atoms with van der Waals surface area (Å²) in [6.45, 7) is 0. The Morgan fingerprint density at radius 1 is 1.53 bits per heavy atom. The van der Waals surface area contributed by atoms with Crippen LogP contribution >= 0.6 is 11.6 Å². The molecule has 0 saturated carbocycles. The van der Waals surface area contributed by atoms with Crippen molar-refractivity contribution in [2.75, 3.05) is 6.26 Å². The zero-order valence-electron chi connectivity index (χ0n) is 8.77. The maximum absolute atomic E-state index is 11.4. The summed E-state index contributed by atoms with van der Waals surface area (Å²) in [5.74, 6) is -1.27. The third-order valence-corrected chi connectivity index (χ3v) is 3.70. The van der Waals surface area contributed by atoms with Crippen molar-refractivity contribution in [1.82, 2.24) is 0 Å². The number of nitriles is 1. The van der Waals surface area contributed by atoms with E-state index in [-0.39, 0.29) is 27.5 Å². The molecule has 0 aliphatic carbocycles. The summed E-state index contributed by atoms with van der Waals surface area (Å²) < 4.78 is 22.9. The molecule has 7 heteroatoms. The first-order chi connectivity index (χ1) is 7.79. The molecule has 0 atom stereocenters. The molecule has 0 fully saturated rings. The number of halogens is 1. The van der Waals surface area contributed by atoms with E-state index in [1.807, 2.05) is 0 Å². The van der Waals surface area contributed by atoms with Crippen LogP contribution in [0.15, 0.2) is 17.0 Å². The smallest absolute Gasteiger partial charge is 0.337 e. The van der Waals surface area contributed by atoms with E-state index in [0.717, 1.165) is 18.4 Å². The number of rotatable bonds is 3. The Morgan fingerprint density at radius 2 is 2.12 bits per heavy atom. The maximum atomic E-state index is 11.4. The van der Waals surface area contributed by atoms with Gasteiger partial charge < -0.3 is 5.11 Å². The minimum absolute atomic E-state index is 0.0246. The predicted octanol–water partition coefficient (Wildman–Crippen LogP) is 1.51. The molecular formula is C10H8ClNO4S. The molecule has 0 heterocycles. The van der Waals surface area contributed by atoms with Crippen molar-refractivity contribution in [3.63, 3.8) is 0 Å². The minimum Gasteiger partial charge on any atom is -0.478 e. The Bertz CT molecular complexity index is 616. The van der Waals surface area contributed by atoms with Crippen LogP contribution in [0.25, 0.3) is 0 Å². The fourth-order valence-electron chi connectivity index (χ4n) is 1.36. The Hall–Kier alpha value is -1.58. The number of carbonyl (C=O) groups is 1. The van der Waals surface area contributed by atoms with Crippen molar-refractivity contribution < 1.29 is 18.3 Å². The van der Waals surface area contributed by atoms with Gasteiger partial charge in [0.25, 0.3) is 0 Å². The van der Waals surface area contributed by atoms with Crippen LogP contribution < -0.4 is 0 Å². The van der Waals surface area contributed by atoms with Crippen LogP contribution in [-0.4, -0.2) is 25.7 Å². The van der Waals surface area contributed by atoms with Crippen LogP contribution in [0.4, 0.5) is 0 Å². The van der Waals surface area contributed by atoms with Crippen molar-refractivity contribution in [2.45, 2.75) is 11.3 Å². The summed E-state index contributed by atoms with van der Waals surface area (Å²) in [4.78, 5) is 10.7. The second kappa shape index (κ2) is 4.73. The molecule has 0 spiro atoms. The molecule has 0 aliphatic heterocycles. The van der Waals surface area contributed by atoms with E-state index >= 15 is 0 Å². The van der Waals surface area contributed by atoms with E-state index in [4.69, 9.17) is 22.0 Å². The van der Waals surface area contributed by atoms with Crippen molar-refractivity contribution in [3.05, 3.63) is 28.3 Å². The lowest BCUT2D eigenvalue weighted by Crippen LogP contribution is -2.07. The number of nitrogens with zero attached hydrogens (tertiary/aromatic N) is 1. The van der Waals surface area contributed by atoms with Crippen LogP contribution in [-0.2, 0) is 16.3 Å². The highest BCUT2D eigenvalue weighted by Gasteiger charge is 2.20. The topological polar surface area (TPSA) is 95.2 Å². The first kappa shape index (κ1) is 13.5. The molecule has 1 N–H and O–H groups in total. The number of hydrogen-bond acceptors (Lipinski definition) is 4. The zero-order valence-corrected chi connectivity index (χ0v) is 10.3. The molecule has 0 aliphatic rings. The molecule has 90 valence electrons. The predicted molar refractivity (Wildman–Crippen MR) is 60.8 cm³/mol. The summed E-state index contributed by atoms with van der Waals surface area (Å²) in [7, 11) is -3.55. The van der Waals surface area contributed by atoms with E-state index in [2.05, 4.69) is 0 Å². The van der Waals surface area contributed by atoms with E-state index in [1.54, 1.807) is 6.07 Å². The van der Waals surface area contributed by atoms with Crippen LogP contribution in [0.2, 0.25) is 5.02 Å². The summed E-state index contributed by atoms with van der Waals surface area (Å²) >= 11 is 5.80. The average molecular weight is 274 g/mol. The van der Waals surface area contributed by atoms with Gasteiger partial charge >= 0.3 is 5.97 Å². The van der Waals surface area contributed by atoms with Gasteiger partial charge in [-0.05, 0) is 12.1 Å². The van der Waals surface area contributed by atoms with Gasteiger partial charge in [0, 0.05) is 11.8 Å². The lowest BCUT2D eigenvalue weighted by Gasteiger charge is -2.09. The SMILES string of the molecule is CS(=O)(=O)c1ccc(C(=O)O)c(Cl)c1CC#N. The van der Waals surface area contributed by atoms with E-state index in [9.17, 15) is 13.2 Å². The molecule has 0 aromatic heterocycles. The summed E-state index contributed by atoms with van der Waals surface area (Å²) in [6, 6.07) is 4.02. The summed E-state index contributed by atoms with van der Waals surface area (Å²) in [6.07, 6.45) is 0.711. The lowest BCUT2D eigenvalue weighted by molar-refractivity contribution is 0.0697. The number of carboxylic acid groups (broad SMARTS) is 1. The molecule has 0 bridgehead atoms. The van der Waals surface area contributed by atoms with Gasteiger partial charge in [0.1, 0.15) is 0 Å². The lowest BCUT2D eigenvalue weighted by atomic mass is 10.1. The quantitative estimate of drug-likeness (QED) is 0.900. The van der Waals surface area contributed by atoms with Crippen molar-refractivity contribution in [3.8, 4) is 6.07 Å². The summed E-state index contributed by atoms with van der Waals surface area (Å²) in [5, 5.41) is 17.2. The van der Waals surface area contributed by atoms with Crippen LogP contribution in [0.5, 0.6) is 0 Å². The third kappa shape index (κ3) is 2.75. The molecule has 1 aromatic carbocycles. The molecule has 1 aromatic rings. The number of benzene rings is 1. The fraction of sp³-hybridized carbons (Fsp3) is 0.200. The summed E-state index contributed by atoms with van der Waals surface area (Å²) in [5.41, 5.74) is -0.194. The van der Waals surface area contributed by atoms with Crippen LogP contribution in [0.3, 0.4) is 0 Å². The van der Waals surface area contributed by atoms with Gasteiger partial charge in [0.05, 0.1) is 28.0 Å². The average Bonchev–Trinajstić information content (AvgIpc) is 2.18. The normalized spacial score (nSPS) is 10.9. The number of hydrogen-bond donors (Lipinski definition) is 1. The second-order valence-electron chi connectivity index (χ2n) is 3.32. The van der Waals surface area contributed by atoms with Gasteiger partial charge in [-0.3, -0.25) is 0 Å². The second-order valence-corrected chi connectivity index (χ2v) is 5.68. The highest BCUT2D eigenvalue weighted by molar-refractivity contribution is 7.90. The van der Waals surface area contributed by atoms with Crippen LogP contribution in [0, 0.1) is 11.3 Å². The number of aromatic carboxylic acids is 1. The largest absolute Gasteiger partial charge is 0.478 e. The first-order valence-electron chi connectivity index (χ1n) is 4.40. The van der Waals surface area contributed by atoms with Gasteiger partial charge in [-0.25, -0.2) is 13.2 Å². The molecule has 17 heavy (non-hydrogen) atoms. The molecule has 5 nitrogen and oxygen atoms in total. The molecule has 0 amide bonds.